The Morgan fingerprint density at radius 3 is 1.91 bits per heavy atom. The number of alkyl carbamates (subject to hydrolysis) is 2. The van der Waals surface area contributed by atoms with Gasteiger partial charge in [0.2, 0.25) is 0 Å². The van der Waals surface area contributed by atoms with E-state index < -0.39 is 24.2 Å². The molecule has 45 heavy (non-hydrogen) atoms. The predicted octanol–water partition coefficient (Wildman–Crippen LogP) is 7.38. The first-order chi connectivity index (χ1) is 22.0. The van der Waals surface area contributed by atoms with Crippen LogP contribution in [-0.2, 0) is 20.9 Å². The molecule has 0 radical (unpaired) electrons. The quantitative estimate of drug-likeness (QED) is 0.107. The number of carboxylic acid groups (broad SMARTS) is 1. The summed E-state index contributed by atoms with van der Waals surface area (Å²) < 4.78 is 11.1. The molecule has 8 nitrogen and oxygen atoms in total. The summed E-state index contributed by atoms with van der Waals surface area (Å²) in [6.45, 7) is 0.540. The van der Waals surface area contributed by atoms with Gasteiger partial charge >= 0.3 is 18.2 Å². The molecule has 3 N–H and O–H groups in total. The molecule has 0 bridgehead atoms. The van der Waals surface area contributed by atoms with E-state index in [1.54, 1.807) is 0 Å². The van der Waals surface area contributed by atoms with Crippen LogP contribution < -0.4 is 10.6 Å². The van der Waals surface area contributed by atoms with Gasteiger partial charge < -0.3 is 25.2 Å². The third-order valence-corrected chi connectivity index (χ3v) is 8.35. The summed E-state index contributed by atoms with van der Waals surface area (Å²) in [4.78, 5) is 36.9. The fraction of sp³-hybridized carbons (Fsp3) is 0.216. The van der Waals surface area contributed by atoms with E-state index >= 15 is 0 Å². The van der Waals surface area contributed by atoms with Gasteiger partial charge in [0.1, 0.15) is 19.3 Å². The summed E-state index contributed by atoms with van der Waals surface area (Å²) in [6.07, 6.45) is -0.138. The highest BCUT2D eigenvalue weighted by atomic mass is 16.6. The predicted molar refractivity (Wildman–Crippen MR) is 173 cm³/mol. The van der Waals surface area contributed by atoms with E-state index in [4.69, 9.17) is 9.47 Å². The molecule has 0 saturated carbocycles. The first kappa shape index (κ1) is 29.7. The number of unbranched alkanes of at least 4 members (excludes halogenated alkanes) is 1. The second kappa shape index (κ2) is 13.5. The summed E-state index contributed by atoms with van der Waals surface area (Å²) in [5.74, 6) is -1.25. The molecule has 5 aromatic rings. The minimum atomic E-state index is -1.14. The van der Waals surface area contributed by atoms with Crippen molar-refractivity contribution >= 4 is 39.7 Å². The van der Waals surface area contributed by atoms with Crippen LogP contribution in [0.25, 0.3) is 32.7 Å². The number of benzene rings is 5. The lowest BCUT2D eigenvalue weighted by molar-refractivity contribution is -0.139. The molecule has 2 amide bonds. The molecule has 0 saturated heterocycles. The summed E-state index contributed by atoms with van der Waals surface area (Å²) in [5, 5.41) is 19.1. The van der Waals surface area contributed by atoms with E-state index in [1.165, 1.54) is 0 Å². The number of ether oxygens (including phenoxy) is 2. The maximum absolute atomic E-state index is 12.6. The van der Waals surface area contributed by atoms with Gasteiger partial charge in [-0.05, 0) is 69.1 Å². The summed E-state index contributed by atoms with van der Waals surface area (Å²) in [7, 11) is 0. The Morgan fingerprint density at radius 2 is 1.29 bits per heavy atom. The van der Waals surface area contributed by atoms with Crippen LogP contribution in [0.15, 0.2) is 103 Å². The Kier molecular flexibility index (Phi) is 8.91. The molecule has 1 aliphatic rings. The van der Waals surface area contributed by atoms with Crippen molar-refractivity contribution in [3.8, 4) is 11.1 Å². The first-order valence-electron chi connectivity index (χ1n) is 15.1. The van der Waals surface area contributed by atoms with Crippen LogP contribution in [0.1, 0.15) is 41.9 Å². The van der Waals surface area contributed by atoms with Gasteiger partial charge in [0, 0.05) is 18.0 Å². The van der Waals surface area contributed by atoms with Crippen LogP contribution >= 0.6 is 0 Å². The minimum absolute atomic E-state index is 0.104. The normalized spacial score (nSPS) is 12.7. The van der Waals surface area contributed by atoms with Crippen LogP contribution in [0.2, 0.25) is 0 Å². The molecular weight excluding hydrogens is 568 g/mol. The van der Waals surface area contributed by atoms with Crippen molar-refractivity contribution in [1.82, 2.24) is 10.6 Å². The lowest BCUT2D eigenvalue weighted by atomic mass is 9.97. The van der Waals surface area contributed by atoms with Gasteiger partial charge in [0.25, 0.3) is 0 Å². The summed E-state index contributed by atoms with van der Waals surface area (Å²) in [5.41, 5.74) is 5.34. The highest BCUT2D eigenvalue weighted by molar-refractivity contribution is 6.02. The number of amides is 2. The molecule has 0 spiro atoms. The van der Waals surface area contributed by atoms with Gasteiger partial charge in [-0.3, -0.25) is 0 Å². The van der Waals surface area contributed by atoms with Gasteiger partial charge in [-0.15, -0.1) is 0 Å². The Hall–Kier alpha value is -5.37. The zero-order chi connectivity index (χ0) is 31.2. The second-order valence-corrected chi connectivity index (χ2v) is 11.2. The van der Waals surface area contributed by atoms with E-state index in [-0.39, 0.29) is 25.6 Å². The van der Waals surface area contributed by atoms with Gasteiger partial charge in [-0.1, -0.05) is 97.1 Å². The van der Waals surface area contributed by atoms with Crippen LogP contribution in [0, 0.1) is 0 Å². The number of aliphatic carboxylic acids is 1. The zero-order valence-electron chi connectivity index (χ0n) is 24.7. The summed E-state index contributed by atoms with van der Waals surface area (Å²) in [6, 6.07) is 33.1. The molecule has 228 valence electrons. The van der Waals surface area contributed by atoms with Crippen LogP contribution in [-0.4, -0.2) is 42.5 Å². The number of carboxylic acids is 1. The standard InChI is InChI=1S/C37H34N2O6/c40-35(41)34(39-37(43)45-23-33-30-17-7-5-15-28(30)29-16-6-8-18-31(29)33)19-9-10-20-38-36(42)44-22-32-26-13-3-1-11-24(26)21-25-12-2-4-14-27(25)32/h1-8,11-18,21,33-34H,9-10,19-20,22-23H2,(H,38,42)(H,39,43)(H,40,41)/t34-/m0/s1. The van der Waals surface area contributed by atoms with E-state index in [0.717, 1.165) is 49.4 Å². The molecule has 5 aromatic carbocycles. The molecule has 6 rings (SSSR count). The van der Waals surface area contributed by atoms with Gasteiger partial charge in [0.05, 0.1) is 0 Å². The summed E-state index contributed by atoms with van der Waals surface area (Å²) >= 11 is 0. The third kappa shape index (κ3) is 6.60. The molecule has 0 unspecified atom stereocenters. The van der Waals surface area contributed by atoms with Crippen molar-refractivity contribution in [3.63, 3.8) is 0 Å². The Morgan fingerprint density at radius 1 is 0.711 bits per heavy atom. The van der Waals surface area contributed by atoms with Crippen LogP contribution in [0.5, 0.6) is 0 Å². The van der Waals surface area contributed by atoms with E-state index in [0.29, 0.717) is 19.4 Å². The number of hydrogen-bond donors (Lipinski definition) is 3. The lowest BCUT2D eigenvalue weighted by Gasteiger charge is -2.17. The third-order valence-electron chi connectivity index (χ3n) is 8.35. The molecule has 0 fully saturated rings. The van der Waals surface area contributed by atoms with Gasteiger partial charge in [-0.2, -0.15) is 0 Å². The van der Waals surface area contributed by atoms with Crippen molar-refractivity contribution in [2.24, 2.45) is 0 Å². The average Bonchev–Trinajstić information content (AvgIpc) is 3.38. The lowest BCUT2D eigenvalue weighted by Crippen LogP contribution is -2.41. The number of hydrogen-bond acceptors (Lipinski definition) is 5. The smallest absolute Gasteiger partial charge is 0.407 e. The van der Waals surface area contributed by atoms with Gasteiger partial charge in [0.15, 0.2) is 0 Å². The highest BCUT2D eigenvalue weighted by Crippen LogP contribution is 2.44. The van der Waals surface area contributed by atoms with Crippen molar-refractivity contribution in [1.29, 1.82) is 0 Å². The highest BCUT2D eigenvalue weighted by Gasteiger charge is 2.29. The Balaban J connectivity index is 0.950. The molecule has 0 aromatic heterocycles. The number of nitrogens with one attached hydrogen (secondary N) is 2. The number of rotatable bonds is 11. The maximum Gasteiger partial charge on any atom is 0.407 e. The van der Waals surface area contributed by atoms with Crippen LogP contribution in [0.4, 0.5) is 9.59 Å². The number of fused-ring (bicyclic) bond motifs is 5. The molecular formula is C37H34N2O6. The van der Waals surface area contributed by atoms with E-state index in [2.05, 4.69) is 28.8 Å². The topological polar surface area (TPSA) is 114 Å². The molecule has 1 aliphatic carbocycles. The van der Waals surface area contributed by atoms with Crippen molar-refractivity contribution in [2.45, 2.75) is 37.8 Å². The first-order valence-corrected chi connectivity index (χ1v) is 15.1. The average molecular weight is 603 g/mol. The van der Waals surface area contributed by atoms with Crippen molar-refractivity contribution in [3.05, 3.63) is 120 Å². The van der Waals surface area contributed by atoms with E-state index in [1.807, 2.05) is 84.9 Å². The molecule has 8 heteroatoms. The van der Waals surface area contributed by atoms with Gasteiger partial charge in [-0.25, -0.2) is 14.4 Å². The number of carbonyl (C=O) groups excluding carboxylic acids is 2. The monoisotopic (exact) mass is 602 g/mol. The van der Waals surface area contributed by atoms with Crippen molar-refractivity contribution < 1.29 is 29.0 Å². The fourth-order valence-corrected chi connectivity index (χ4v) is 6.16. The van der Waals surface area contributed by atoms with E-state index in [9.17, 15) is 19.5 Å². The largest absolute Gasteiger partial charge is 0.480 e. The molecule has 0 heterocycles. The van der Waals surface area contributed by atoms with Crippen LogP contribution in [0.3, 0.4) is 0 Å². The fourth-order valence-electron chi connectivity index (χ4n) is 6.16. The minimum Gasteiger partial charge on any atom is -0.480 e. The Bertz CT molecular complexity index is 1770. The SMILES string of the molecule is O=C(NCCCC[C@H](NC(=O)OCC1c2ccccc2-c2ccccc21)C(=O)O)OCc1c2ccccc2cc2ccccc12. The molecule has 1 atom stereocenters. The molecule has 0 aliphatic heterocycles. The number of carbonyl (C=O) groups is 3. The second-order valence-electron chi connectivity index (χ2n) is 11.2. The van der Waals surface area contributed by atoms with Crippen molar-refractivity contribution in [2.75, 3.05) is 13.2 Å². The maximum atomic E-state index is 12.6. The zero-order valence-corrected chi connectivity index (χ0v) is 24.7. The Labute approximate surface area is 261 Å².